The topological polar surface area (TPSA) is 59.6 Å². The maximum atomic E-state index is 11.8. The Morgan fingerprint density at radius 2 is 1.91 bits per heavy atom. The number of rotatable bonds is 7. The van der Waals surface area contributed by atoms with Gasteiger partial charge in [-0.2, -0.15) is 0 Å². The molecule has 0 heterocycles. The normalized spacial score (nSPS) is 14.0. The van der Waals surface area contributed by atoms with Gasteiger partial charge in [-0.05, 0) is 40.2 Å². The molecule has 1 aromatic rings. The van der Waals surface area contributed by atoms with Gasteiger partial charge in [-0.3, -0.25) is 0 Å². The Bertz CT molecular complexity index is 497. The van der Waals surface area contributed by atoms with E-state index >= 15 is 0 Å². The van der Waals surface area contributed by atoms with E-state index in [1.165, 1.54) is 0 Å². The molecule has 1 aromatic carbocycles. The quantitative estimate of drug-likeness (QED) is 0.804. The first kappa shape index (κ1) is 19.3. The molecule has 0 spiro atoms. The molecule has 130 valence electrons. The van der Waals surface area contributed by atoms with Crippen LogP contribution in [0.1, 0.15) is 52.6 Å². The molecule has 5 heteroatoms. The largest absolute Gasteiger partial charge is 0.496 e. The third-order valence-electron chi connectivity index (χ3n) is 3.36. The van der Waals surface area contributed by atoms with Crippen LogP contribution in [0.3, 0.4) is 0 Å². The Morgan fingerprint density at radius 1 is 1.26 bits per heavy atom. The minimum Gasteiger partial charge on any atom is -0.496 e. The number of carbonyl (C=O) groups is 1. The van der Waals surface area contributed by atoms with Crippen molar-refractivity contribution in [2.45, 2.75) is 58.7 Å². The standard InChI is InChI=1S/C18H30N2O3/c1-7-15(14-10-8-9-11-16(14)22-6)19-12-13(2)20-17(21)23-18(3,4)5/h8-11,13,15,19H,7,12H2,1-6H3,(H,20,21). The number of alkyl carbamates (subject to hydrolysis) is 1. The fourth-order valence-corrected chi connectivity index (χ4v) is 2.31. The van der Waals surface area contributed by atoms with Gasteiger partial charge in [0, 0.05) is 24.2 Å². The van der Waals surface area contributed by atoms with Crippen molar-refractivity contribution >= 4 is 6.09 Å². The molecular formula is C18H30N2O3. The van der Waals surface area contributed by atoms with Crippen LogP contribution in [-0.4, -0.2) is 31.4 Å². The van der Waals surface area contributed by atoms with Crippen LogP contribution in [0.15, 0.2) is 24.3 Å². The van der Waals surface area contributed by atoms with Crippen molar-refractivity contribution in [1.82, 2.24) is 10.6 Å². The second-order valence-corrected chi connectivity index (χ2v) is 6.66. The van der Waals surface area contributed by atoms with E-state index in [2.05, 4.69) is 23.6 Å². The lowest BCUT2D eigenvalue weighted by Crippen LogP contribution is -2.43. The molecule has 0 saturated carbocycles. The van der Waals surface area contributed by atoms with Crippen molar-refractivity contribution in [3.8, 4) is 5.75 Å². The predicted octanol–water partition coefficient (Wildman–Crippen LogP) is 3.65. The molecule has 1 rings (SSSR count). The molecule has 0 bridgehead atoms. The number of hydrogen-bond acceptors (Lipinski definition) is 4. The number of carbonyl (C=O) groups excluding carboxylic acids is 1. The molecule has 5 nitrogen and oxygen atoms in total. The Labute approximate surface area is 139 Å². The van der Waals surface area contributed by atoms with Crippen molar-refractivity contribution in [1.29, 1.82) is 0 Å². The summed E-state index contributed by atoms with van der Waals surface area (Å²) >= 11 is 0. The number of methoxy groups -OCH3 is 1. The summed E-state index contributed by atoms with van der Waals surface area (Å²) in [5.74, 6) is 0.875. The van der Waals surface area contributed by atoms with Gasteiger partial charge in [0.1, 0.15) is 11.4 Å². The van der Waals surface area contributed by atoms with Crippen LogP contribution in [0.4, 0.5) is 4.79 Å². The van der Waals surface area contributed by atoms with Gasteiger partial charge < -0.3 is 20.1 Å². The number of para-hydroxylation sites is 1. The van der Waals surface area contributed by atoms with E-state index in [0.717, 1.165) is 17.7 Å². The fourth-order valence-electron chi connectivity index (χ4n) is 2.31. The maximum absolute atomic E-state index is 11.8. The summed E-state index contributed by atoms with van der Waals surface area (Å²) in [5.41, 5.74) is 0.641. The van der Waals surface area contributed by atoms with E-state index < -0.39 is 11.7 Å². The molecule has 0 aliphatic carbocycles. The second-order valence-electron chi connectivity index (χ2n) is 6.66. The zero-order valence-electron chi connectivity index (χ0n) is 15.1. The highest BCUT2D eigenvalue weighted by Gasteiger charge is 2.19. The molecular weight excluding hydrogens is 292 g/mol. The SMILES string of the molecule is CCC(NCC(C)NC(=O)OC(C)(C)C)c1ccccc1OC. The molecule has 2 N–H and O–H groups in total. The van der Waals surface area contributed by atoms with E-state index in [1.54, 1.807) is 7.11 Å². The highest BCUT2D eigenvalue weighted by molar-refractivity contribution is 5.68. The molecule has 2 unspecified atom stereocenters. The lowest BCUT2D eigenvalue weighted by molar-refractivity contribution is 0.0507. The summed E-state index contributed by atoms with van der Waals surface area (Å²) in [6.07, 6.45) is 0.539. The lowest BCUT2D eigenvalue weighted by Gasteiger charge is -2.24. The van der Waals surface area contributed by atoms with Gasteiger partial charge in [0.25, 0.3) is 0 Å². The number of hydrogen-bond donors (Lipinski definition) is 2. The van der Waals surface area contributed by atoms with Crippen LogP contribution in [-0.2, 0) is 4.74 Å². The molecule has 23 heavy (non-hydrogen) atoms. The summed E-state index contributed by atoms with van der Waals surface area (Å²) < 4.78 is 10.7. The Balaban J connectivity index is 2.56. The third kappa shape index (κ3) is 6.91. The van der Waals surface area contributed by atoms with Crippen molar-refractivity contribution in [2.75, 3.05) is 13.7 Å². The molecule has 0 radical (unpaired) electrons. The number of ether oxygens (including phenoxy) is 2. The average Bonchev–Trinajstić information content (AvgIpc) is 2.46. The summed E-state index contributed by atoms with van der Waals surface area (Å²) in [4.78, 5) is 11.8. The van der Waals surface area contributed by atoms with Gasteiger partial charge in [-0.15, -0.1) is 0 Å². The van der Waals surface area contributed by atoms with Crippen LogP contribution in [0.2, 0.25) is 0 Å². The van der Waals surface area contributed by atoms with Crippen LogP contribution >= 0.6 is 0 Å². The molecule has 1 amide bonds. The van der Waals surface area contributed by atoms with E-state index in [0.29, 0.717) is 6.54 Å². The van der Waals surface area contributed by atoms with Crippen LogP contribution in [0.25, 0.3) is 0 Å². The molecule has 2 atom stereocenters. The molecule has 0 aliphatic heterocycles. The number of benzene rings is 1. The highest BCUT2D eigenvalue weighted by atomic mass is 16.6. The van der Waals surface area contributed by atoms with Gasteiger partial charge in [0.2, 0.25) is 0 Å². The molecule has 0 saturated heterocycles. The number of amides is 1. The van der Waals surface area contributed by atoms with E-state index in [9.17, 15) is 4.79 Å². The Morgan fingerprint density at radius 3 is 2.48 bits per heavy atom. The average molecular weight is 322 g/mol. The Kier molecular flexibility index (Phi) is 7.36. The molecule has 0 aliphatic rings. The van der Waals surface area contributed by atoms with Crippen molar-refractivity contribution in [3.05, 3.63) is 29.8 Å². The first-order chi connectivity index (χ1) is 10.8. The summed E-state index contributed by atoms with van der Waals surface area (Å²) in [6, 6.07) is 8.13. The first-order valence-corrected chi connectivity index (χ1v) is 8.12. The van der Waals surface area contributed by atoms with Crippen molar-refractivity contribution in [2.24, 2.45) is 0 Å². The van der Waals surface area contributed by atoms with Crippen LogP contribution < -0.4 is 15.4 Å². The number of nitrogens with one attached hydrogen (secondary N) is 2. The smallest absolute Gasteiger partial charge is 0.407 e. The summed E-state index contributed by atoms with van der Waals surface area (Å²) in [7, 11) is 1.68. The van der Waals surface area contributed by atoms with Gasteiger partial charge in [-0.1, -0.05) is 25.1 Å². The Hall–Kier alpha value is -1.75. The highest BCUT2D eigenvalue weighted by Crippen LogP contribution is 2.26. The van der Waals surface area contributed by atoms with E-state index in [-0.39, 0.29) is 12.1 Å². The second kappa shape index (κ2) is 8.77. The van der Waals surface area contributed by atoms with Crippen molar-refractivity contribution < 1.29 is 14.3 Å². The minimum absolute atomic E-state index is 0.0337. The maximum Gasteiger partial charge on any atom is 0.407 e. The minimum atomic E-state index is -0.486. The van der Waals surface area contributed by atoms with E-state index in [4.69, 9.17) is 9.47 Å². The van der Waals surface area contributed by atoms with Gasteiger partial charge in [-0.25, -0.2) is 4.79 Å². The third-order valence-corrected chi connectivity index (χ3v) is 3.36. The zero-order chi connectivity index (χ0) is 17.5. The fraction of sp³-hybridized carbons (Fsp3) is 0.611. The molecule has 0 aromatic heterocycles. The summed E-state index contributed by atoms with van der Waals surface area (Å²) in [5, 5.41) is 6.32. The van der Waals surface area contributed by atoms with Gasteiger partial charge in [0.05, 0.1) is 7.11 Å². The van der Waals surface area contributed by atoms with Gasteiger partial charge >= 0.3 is 6.09 Å². The predicted molar refractivity (Wildman–Crippen MR) is 92.9 cm³/mol. The monoisotopic (exact) mass is 322 g/mol. The first-order valence-electron chi connectivity index (χ1n) is 8.12. The van der Waals surface area contributed by atoms with Crippen LogP contribution in [0, 0.1) is 0 Å². The van der Waals surface area contributed by atoms with Gasteiger partial charge in [0.15, 0.2) is 0 Å². The summed E-state index contributed by atoms with van der Waals surface area (Å²) in [6.45, 7) is 10.3. The van der Waals surface area contributed by atoms with Crippen LogP contribution in [0.5, 0.6) is 5.75 Å². The van der Waals surface area contributed by atoms with E-state index in [1.807, 2.05) is 45.9 Å². The zero-order valence-corrected chi connectivity index (χ0v) is 15.1. The van der Waals surface area contributed by atoms with Crippen molar-refractivity contribution in [3.63, 3.8) is 0 Å². The molecule has 0 fully saturated rings. The lowest BCUT2D eigenvalue weighted by atomic mass is 10.0.